The molecule has 0 aromatic heterocycles. The number of rotatable bonds is 2. The minimum atomic E-state index is -0.0500. The van der Waals surface area contributed by atoms with Crippen molar-refractivity contribution in [2.24, 2.45) is 5.73 Å². The SMILES string of the molecule is Cc1cc(Cl)c(CO)c(CN)c1. The number of benzene rings is 1. The Bertz CT molecular complexity index is 286. The zero-order chi connectivity index (χ0) is 9.14. The molecule has 0 spiro atoms. The van der Waals surface area contributed by atoms with Gasteiger partial charge in [-0.3, -0.25) is 0 Å². The van der Waals surface area contributed by atoms with Crippen molar-refractivity contribution in [2.75, 3.05) is 0 Å². The minimum Gasteiger partial charge on any atom is -0.392 e. The van der Waals surface area contributed by atoms with Crippen molar-refractivity contribution in [1.29, 1.82) is 0 Å². The van der Waals surface area contributed by atoms with Gasteiger partial charge in [0.05, 0.1) is 6.61 Å². The van der Waals surface area contributed by atoms with Crippen LogP contribution in [0.25, 0.3) is 0 Å². The van der Waals surface area contributed by atoms with E-state index in [-0.39, 0.29) is 6.61 Å². The summed E-state index contributed by atoms with van der Waals surface area (Å²) in [5.41, 5.74) is 8.22. The molecule has 0 unspecified atom stereocenters. The lowest BCUT2D eigenvalue weighted by atomic mass is 10.1. The first-order valence-corrected chi connectivity index (χ1v) is 4.15. The lowest BCUT2D eigenvalue weighted by molar-refractivity contribution is 0.280. The summed E-state index contributed by atoms with van der Waals surface area (Å²) in [6, 6.07) is 3.77. The normalized spacial score (nSPS) is 10.3. The number of hydrogen-bond acceptors (Lipinski definition) is 2. The van der Waals surface area contributed by atoms with Gasteiger partial charge >= 0.3 is 0 Å². The Morgan fingerprint density at radius 1 is 1.50 bits per heavy atom. The highest BCUT2D eigenvalue weighted by Crippen LogP contribution is 2.21. The summed E-state index contributed by atoms with van der Waals surface area (Å²) in [6.45, 7) is 2.31. The lowest BCUT2D eigenvalue weighted by Gasteiger charge is -2.08. The molecule has 0 aliphatic rings. The highest BCUT2D eigenvalue weighted by atomic mass is 35.5. The van der Waals surface area contributed by atoms with Gasteiger partial charge in [-0.1, -0.05) is 17.7 Å². The summed E-state index contributed by atoms with van der Waals surface area (Å²) in [7, 11) is 0. The molecule has 0 amide bonds. The standard InChI is InChI=1S/C9H12ClNO/c1-6-2-7(4-11)8(5-12)9(10)3-6/h2-3,12H,4-5,11H2,1H3. The van der Waals surface area contributed by atoms with Gasteiger partial charge in [0.1, 0.15) is 0 Å². The van der Waals surface area contributed by atoms with E-state index in [0.29, 0.717) is 11.6 Å². The fraction of sp³-hybridized carbons (Fsp3) is 0.333. The maximum atomic E-state index is 8.98. The molecule has 0 saturated heterocycles. The molecule has 1 rings (SSSR count). The summed E-state index contributed by atoms with van der Waals surface area (Å²) in [4.78, 5) is 0. The Kier molecular flexibility index (Phi) is 3.09. The maximum absolute atomic E-state index is 8.98. The molecule has 0 saturated carbocycles. The third kappa shape index (κ3) is 1.78. The average Bonchev–Trinajstić information content (AvgIpc) is 2.03. The van der Waals surface area contributed by atoms with E-state index >= 15 is 0 Å². The van der Waals surface area contributed by atoms with Crippen LogP contribution < -0.4 is 5.73 Å². The molecule has 0 atom stereocenters. The van der Waals surface area contributed by atoms with Crippen molar-refractivity contribution in [1.82, 2.24) is 0 Å². The summed E-state index contributed by atoms with van der Waals surface area (Å²) in [5, 5.41) is 9.58. The highest BCUT2D eigenvalue weighted by molar-refractivity contribution is 6.31. The highest BCUT2D eigenvalue weighted by Gasteiger charge is 2.05. The predicted octanol–water partition coefficient (Wildman–Crippen LogP) is 1.60. The van der Waals surface area contributed by atoms with E-state index in [1.165, 1.54) is 0 Å². The van der Waals surface area contributed by atoms with Crippen molar-refractivity contribution in [3.05, 3.63) is 33.8 Å². The van der Waals surface area contributed by atoms with Gasteiger partial charge in [-0.15, -0.1) is 0 Å². The zero-order valence-corrected chi connectivity index (χ0v) is 7.73. The van der Waals surface area contributed by atoms with Crippen molar-refractivity contribution in [2.45, 2.75) is 20.1 Å². The first-order chi connectivity index (χ1) is 5.69. The molecular weight excluding hydrogens is 174 g/mol. The van der Waals surface area contributed by atoms with E-state index in [9.17, 15) is 0 Å². The van der Waals surface area contributed by atoms with Crippen LogP contribution in [0.1, 0.15) is 16.7 Å². The molecule has 3 N–H and O–H groups in total. The largest absolute Gasteiger partial charge is 0.392 e. The number of aliphatic hydroxyl groups excluding tert-OH is 1. The number of hydrogen-bond donors (Lipinski definition) is 2. The molecular formula is C9H12ClNO. The summed E-state index contributed by atoms with van der Waals surface area (Å²) >= 11 is 5.90. The molecule has 1 aromatic rings. The fourth-order valence-corrected chi connectivity index (χ4v) is 1.56. The van der Waals surface area contributed by atoms with E-state index in [2.05, 4.69) is 0 Å². The van der Waals surface area contributed by atoms with Gasteiger partial charge in [0.25, 0.3) is 0 Å². The molecule has 2 nitrogen and oxygen atoms in total. The van der Waals surface area contributed by atoms with E-state index in [1.807, 2.05) is 19.1 Å². The second-order valence-corrected chi connectivity index (χ2v) is 3.15. The van der Waals surface area contributed by atoms with Crippen molar-refractivity contribution < 1.29 is 5.11 Å². The van der Waals surface area contributed by atoms with Gasteiger partial charge in [-0.25, -0.2) is 0 Å². The number of nitrogens with two attached hydrogens (primary N) is 1. The van der Waals surface area contributed by atoms with E-state index in [4.69, 9.17) is 22.4 Å². The van der Waals surface area contributed by atoms with Crippen LogP contribution >= 0.6 is 11.6 Å². The lowest BCUT2D eigenvalue weighted by Crippen LogP contribution is -2.02. The predicted molar refractivity (Wildman–Crippen MR) is 50.0 cm³/mol. The fourth-order valence-electron chi connectivity index (χ4n) is 1.20. The number of aryl methyl sites for hydroxylation is 1. The van der Waals surface area contributed by atoms with Crippen LogP contribution in [0.5, 0.6) is 0 Å². The monoisotopic (exact) mass is 185 g/mol. The minimum absolute atomic E-state index is 0.0500. The Balaban J connectivity index is 3.24. The van der Waals surface area contributed by atoms with Gasteiger partial charge in [0.2, 0.25) is 0 Å². The van der Waals surface area contributed by atoms with Crippen LogP contribution in [0, 0.1) is 6.92 Å². The second kappa shape index (κ2) is 3.90. The first kappa shape index (κ1) is 9.52. The molecule has 3 heteroatoms. The van der Waals surface area contributed by atoms with Gasteiger partial charge in [-0.05, 0) is 24.1 Å². The van der Waals surface area contributed by atoms with E-state index in [1.54, 1.807) is 0 Å². The molecule has 1 aromatic carbocycles. The molecule has 12 heavy (non-hydrogen) atoms. The van der Waals surface area contributed by atoms with Crippen LogP contribution in [0.15, 0.2) is 12.1 Å². The average molecular weight is 186 g/mol. The van der Waals surface area contributed by atoms with Crippen molar-refractivity contribution >= 4 is 11.6 Å². The number of halogens is 1. The molecule has 0 aliphatic carbocycles. The summed E-state index contributed by atoms with van der Waals surface area (Å²) in [6.07, 6.45) is 0. The Labute approximate surface area is 77.0 Å². The third-order valence-corrected chi connectivity index (χ3v) is 2.15. The first-order valence-electron chi connectivity index (χ1n) is 3.78. The van der Waals surface area contributed by atoms with Crippen LogP contribution in [0.3, 0.4) is 0 Å². The van der Waals surface area contributed by atoms with Crippen LogP contribution in [-0.2, 0) is 13.2 Å². The van der Waals surface area contributed by atoms with Gasteiger partial charge in [-0.2, -0.15) is 0 Å². The topological polar surface area (TPSA) is 46.2 Å². The van der Waals surface area contributed by atoms with Crippen LogP contribution in [0.4, 0.5) is 0 Å². The van der Waals surface area contributed by atoms with Gasteiger partial charge < -0.3 is 10.8 Å². The molecule has 66 valence electrons. The maximum Gasteiger partial charge on any atom is 0.0699 e. The Morgan fingerprint density at radius 2 is 2.17 bits per heavy atom. The quantitative estimate of drug-likeness (QED) is 0.735. The number of aliphatic hydroxyl groups is 1. The van der Waals surface area contributed by atoms with Gasteiger partial charge in [0, 0.05) is 17.1 Å². The Morgan fingerprint density at radius 3 is 2.67 bits per heavy atom. The molecule has 0 radical (unpaired) electrons. The molecule has 0 fully saturated rings. The summed E-state index contributed by atoms with van der Waals surface area (Å²) in [5.74, 6) is 0. The Hall–Kier alpha value is -0.570. The third-order valence-electron chi connectivity index (χ3n) is 1.81. The molecule has 0 heterocycles. The molecule has 0 aliphatic heterocycles. The summed E-state index contributed by atoms with van der Waals surface area (Å²) < 4.78 is 0. The zero-order valence-electron chi connectivity index (χ0n) is 6.97. The second-order valence-electron chi connectivity index (χ2n) is 2.75. The smallest absolute Gasteiger partial charge is 0.0699 e. The van der Waals surface area contributed by atoms with Crippen LogP contribution in [-0.4, -0.2) is 5.11 Å². The van der Waals surface area contributed by atoms with E-state index in [0.717, 1.165) is 16.7 Å². The van der Waals surface area contributed by atoms with Crippen molar-refractivity contribution in [3.8, 4) is 0 Å². The molecule has 0 bridgehead atoms. The van der Waals surface area contributed by atoms with Crippen LogP contribution in [0.2, 0.25) is 5.02 Å². The van der Waals surface area contributed by atoms with Gasteiger partial charge in [0.15, 0.2) is 0 Å². The van der Waals surface area contributed by atoms with Crippen molar-refractivity contribution in [3.63, 3.8) is 0 Å². The van der Waals surface area contributed by atoms with E-state index < -0.39 is 0 Å².